The number of anilines is 1. The van der Waals surface area contributed by atoms with Crippen LogP contribution >= 0.6 is 0 Å². The molecule has 2 aliphatic heterocycles. The molecular formula is C17H26N4O2. The molecule has 2 aliphatic rings. The zero-order valence-electron chi connectivity index (χ0n) is 14.2. The van der Waals surface area contributed by atoms with Gasteiger partial charge >= 0.3 is 0 Å². The number of nitrogens with zero attached hydrogens (tertiary/aromatic N) is 4. The van der Waals surface area contributed by atoms with Crippen LogP contribution < -0.4 is 4.90 Å². The van der Waals surface area contributed by atoms with Crippen molar-refractivity contribution >= 4 is 11.7 Å². The van der Waals surface area contributed by atoms with Gasteiger partial charge in [0.25, 0.3) is 0 Å². The van der Waals surface area contributed by atoms with Crippen LogP contribution in [-0.4, -0.2) is 58.9 Å². The molecule has 6 heteroatoms. The van der Waals surface area contributed by atoms with Gasteiger partial charge in [-0.3, -0.25) is 4.79 Å². The summed E-state index contributed by atoms with van der Waals surface area (Å²) < 4.78 is 0. The second kappa shape index (κ2) is 6.07. The Morgan fingerprint density at radius 3 is 2.52 bits per heavy atom. The molecule has 23 heavy (non-hydrogen) atoms. The van der Waals surface area contributed by atoms with Crippen LogP contribution in [0.2, 0.25) is 0 Å². The molecule has 0 radical (unpaired) electrons. The number of amides is 1. The third kappa shape index (κ3) is 3.04. The average molecular weight is 318 g/mol. The Morgan fingerprint density at radius 2 is 1.96 bits per heavy atom. The molecule has 126 valence electrons. The summed E-state index contributed by atoms with van der Waals surface area (Å²) in [7, 11) is 1.79. The summed E-state index contributed by atoms with van der Waals surface area (Å²) in [6, 6.07) is 4.05. The third-order valence-corrected chi connectivity index (χ3v) is 5.22. The van der Waals surface area contributed by atoms with Crippen LogP contribution in [0.25, 0.3) is 0 Å². The number of aliphatic hydroxyl groups is 1. The van der Waals surface area contributed by atoms with E-state index < -0.39 is 11.5 Å². The van der Waals surface area contributed by atoms with Crippen molar-refractivity contribution < 1.29 is 9.90 Å². The zero-order chi connectivity index (χ0) is 16.6. The van der Waals surface area contributed by atoms with E-state index in [9.17, 15) is 9.90 Å². The van der Waals surface area contributed by atoms with Gasteiger partial charge in [-0.1, -0.05) is 13.8 Å². The van der Waals surface area contributed by atoms with E-state index in [4.69, 9.17) is 0 Å². The largest absolute Gasteiger partial charge is 0.391 e. The first-order chi connectivity index (χ1) is 10.9. The van der Waals surface area contributed by atoms with Crippen LogP contribution in [0.1, 0.15) is 44.7 Å². The number of carbonyl (C=O) groups is 1. The normalized spacial score (nSPS) is 24.6. The average Bonchev–Trinajstić information content (AvgIpc) is 2.53. The van der Waals surface area contributed by atoms with Crippen molar-refractivity contribution in [2.45, 2.75) is 45.1 Å². The van der Waals surface area contributed by atoms with Gasteiger partial charge in [0.05, 0.1) is 17.2 Å². The molecule has 0 aliphatic carbocycles. The van der Waals surface area contributed by atoms with Crippen LogP contribution in [0, 0.1) is 5.41 Å². The number of β-amino-alcohol motifs (C(OH)–C–C–N with tert-alkyl or cyclic N) is 1. The second-order valence-electron chi connectivity index (χ2n) is 7.28. The fourth-order valence-electron chi connectivity index (χ4n) is 3.80. The van der Waals surface area contributed by atoms with E-state index in [1.54, 1.807) is 11.9 Å². The molecule has 6 nitrogen and oxygen atoms in total. The zero-order valence-corrected chi connectivity index (χ0v) is 14.2. The summed E-state index contributed by atoms with van der Waals surface area (Å²) >= 11 is 0. The lowest BCUT2D eigenvalue weighted by molar-refractivity contribution is -0.152. The molecule has 0 aromatic carbocycles. The Kier molecular flexibility index (Phi) is 4.27. The summed E-state index contributed by atoms with van der Waals surface area (Å²) in [5.41, 5.74) is 0.600. The molecule has 1 amide bonds. The summed E-state index contributed by atoms with van der Waals surface area (Å²) in [6.45, 7) is 6.21. The number of piperidine rings is 2. The number of likely N-dealkylation sites (tertiary alicyclic amines) is 1. The molecule has 1 unspecified atom stereocenters. The predicted molar refractivity (Wildman–Crippen MR) is 88.3 cm³/mol. The molecule has 1 aromatic heterocycles. The smallest absolute Gasteiger partial charge is 0.228 e. The van der Waals surface area contributed by atoms with Crippen molar-refractivity contribution in [2.24, 2.45) is 5.41 Å². The standard InChI is InChI=1S/C17H26N4O2/c1-12(2)14-4-5-15(19-18-14)21-8-6-17(7-9-21)10-13(22)11-20(3)16(17)23/h4-5,12-13,22H,6-11H2,1-3H3. The van der Waals surface area contributed by atoms with Gasteiger partial charge in [0.1, 0.15) is 0 Å². The minimum absolute atomic E-state index is 0.184. The summed E-state index contributed by atoms with van der Waals surface area (Å²) in [6.07, 6.45) is 1.71. The molecular weight excluding hydrogens is 292 g/mol. The second-order valence-corrected chi connectivity index (χ2v) is 7.28. The van der Waals surface area contributed by atoms with Gasteiger partial charge in [-0.15, -0.1) is 5.10 Å². The quantitative estimate of drug-likeness (QED) is 0.893. The van der Waals surface area contributed by atoms with Gasteiger partial charge in [-0.25, -0.2) is 0 Å². The van der Waals surface area contributed by atoms with E-state index in [1.165, 1.54) is 0 Å². The maximum Gasteiger partial charge on any atom is 0.228 e. The van der Waals surface area contributed by atoms with Crippen molar-refractivity contribution in [2.75, 3.05) is 31.6 Å². The summed E-state index contributed by atoms with van der Waals surface area (Å²) in [4.78, 5) is 16.5. The first-order valence-corrected chi connectivity index (χ1v) is 8.43. The molecule has 0 saturated carbocycles. The molecule has 2 saturated heterocycles. The molecule has 1 N–H and O–H groups in total. The highest BCUT2D eigenvalue weighted by Gasteiger charge is 2.47. The topological polar surface area (TPSA) is 69.6 Å². The van der Waals surface area contributed by atoms with Crippen molar-refractivity contribution in [1.29, 1.82) is 0 Å². The molecule has 3 rings (SSSR count). The van der Waals surface area contributed by atoms with E-state index >= 15 is 0 Å². The highest BCUT2D eigenvalue weighted by Crippen LogP contribution is 2.41. The first-order valence-electron chi connectivity index (χ1n) is 8.43. The molecule has 2 fully saturated rings. The van der Waals surface area contributed by atoms with Crippen LogP contribution in [0.5, 0.6) is 0 Å². The lowest BCUT2D eigenvalue weighted by Gasteiger charge is -2.47. The minimum atomic E-state index is -0.408. The lowest BCUT2D eigenvalue weighted by Crippen LogP contribution is -2.56. The molecule has 1 atom stereocenters. The molecule has 1 spiro atoms. The van der Waals surface area contributed by atoms with E-state index in [2.05, 4.69) is 28.9 Å². The van der Waals surface area contributed by atoms with Crippen molar-refractivity contribution in [3.63, 3.8) is 0 Å². The van der Waals surface area contributed by atoms with Crippen LogP contribution in [0.15, 0.2) is 12.1 Å². The number of rotatable bonds is 2. The number of carbonyl (C=O) groups excluding carboxylic acids is 1. The van der Waals surface area contributed by atoms with E-state index in [0.717, 1.165) is 37.4 Å². The number of hydrogen-bond donors (Lipinski definition) is 1. The highest BCUT2D eigenvalue weighted by atomic mass is 16.3. The van der Waals surface area contributed by atoms with Gasteiger partial charge in [0, 0.05) is 26.7 Å². The molecule has 3 heterocycles. The van der Waals surface area contributed by atoms with Crippen molar-refractivity contribution in [3.05, 3.63) is 17.8 Å². The lowest BCUT2D eigenvalue weighted by atomic mass is 9.71. The van der Waals surface area contributed by atoms with Crippen molar-refractivity contribution in [1.82, 2.24) is 15.1 Å². The SMILES string of the molecule is CC(C)c1ccc(N2CCC3(CC2)CC(O)CN(C)C3=O)nn1. The fraction of sp³-hybridized carbons (Fsp3) is 0.706. The van der Waals surface area contributed by atoms with Crippen LogP contribution in [-0.2, 0) is 4.79 Å². The number of likely N-dealkylation sites (N-methyl/N-ethyl adjacent to an activating group) is 1. The monoisotopic (exact) mass is 318 g/mol. The number of aliphatic hydroxyl groups excluding tert-OH is 1. The minimum Gasteiger partial charge on any atom is -0.391 e. The Balaban J connectivity index is 1.69. The molecule has 1 aromatic rings. The summed E-state index contributed by atoms with van der Waals surface area (Å²) in [5, 5.41) is 18.7. The maximum atomic E-state index is 12.6. The van der Waals surface area contributed by atoms with E-state index in [0.29, 0.717) is 18.9 Å². The summed E-state index contributed by atoms with van der Waals surface area (Å²) in [5.74, 6) is 1.43. The van der Waals surface area contributed by atoms with Gasteiger partial charge in [-0.2, -0.15) is 5.10 Å². The van der Waals surface area contributed by atoms with Crippen LogP contribution in [0.4, 0.5) is 5.82 Å². The molecule has 0 bridgehead atoms. The van der Waals surface area contributed by atoms with Crippen molar-refractivity contribution in [3.8, 4) is 0 Å². The van der Waals surface area contributed by atoms with Gasteiger partial charge < -0.3 is 14.9 Å². The van der Waals surface area contributed by atoms with Crippen LogP contribution in [0.3, 0.4) is 0 Å². The third-order valence-electron chi connectivity index (χ3n) is 5.22. The van der Waals surface area contributed by atoms with E-state index in [-0.39, 0.29) is 5.91 Å². The Morgan fingerprint density at radius 1 is 1.26 bits per heavy atom. The first kappa shape index (κ1) is 16.2. The van der Waals surface area contributed by atoms with Gasteiger partial charge in [0.15, 0.2) is 5.82 Å². The Bertz CT molecular complexity index is 564. The highest BCUT2D eigenvalue weighted by molar-refractivity contribution is 5.83. The van der Waals surface area contributed by atoms with Gasteiger partial charge in [-0.05, 0) is 37.3 Å². The van der Waals surface area contributed by atoms with E-state index in [1.807, 2.05) is 12.1 Å². The number of aromatic nitrogens is 2. The van der Waals surface area contributed by atoms with Gasteiger partial charge in [0.2, 0.25) is 5.91 Å². The maximum absolute atomic E-state index is 12.6. The predicted octanol–water partition coefficient (Wildman–Crippen LogP) is 1.41. The fourth-order valence-corrected chi connectivity index (χ4v) is 3.80. The number of hydrogen-bond acceptors (Lipinski definition) is 5. The Hall–Kier alpha value is -1.69. The Labute approximate surface area is 137 Å².